The van der Waals surface area contributed by atoms with Crippen molar-refractivity contribution in [1.82, 2.24) is 4.90 Å². The second-order valence-corrected chi connectivity index (χ2v) is 8.88. The predicted molar refractivity (Wildman–Crippen MR) is 108 cm³/mol. The number of hydrogen-bond donors (Lipinski definition) is 0. The standard InChI is InChI=1S/C24H33N/c1-18-22(20-11-13-21(14-12-20)24(2,3)4)15-16-23(18)25(5)17-19-9-7-6-8-10-19/h6-14,18,22-23H,15-17H2,1-5H3. The minimum atomic E-state index is 0.234. The van der Waals surface area contributed by atoms with Crippen LogP contribution in [0.1, 0.15) is 63.1 Å². The molecule has 1 heteroatoms. The van der Waals surface area contributed by atoms with Gasteiger partial charge in [0, 0.05) is 12.6 Å². The SMILES string of the molecule is CC1C(c2ccc(C(C)(C)C)cc2)CCC1N(C)Cc1ccccc1. The molecular weight excluding hydrogens is 302 g/mol. The molecule has 0 spiro atoms. The highest BCUT2D eigenvalue weighted by molar-refractivity contribution is 5.30. The van der Waals surface area contributed by atoms with E-state index in [0.29, 0.717) is 17.9 Å². The van der Waals surface area contributed by atoms with Gasteiger partial charge in [-0.15, -0.1) is 0 Å². The van der Waals surface area contributed by atoms with Crippen LogP contribution in [0, 0.1) is 5.92 Å². The van der Waals surface area contributed by atoms with Crippen molar-refractivity contribution < 1.29 is 0 Å². The van der Waals surface area contributed by atoms with Crippen LogP contribution in [-0.2, 0) is 12.0 Å². The third-order valence-electron chi connectivity index (χ3n) is 6.06. The van der Waals surface area contributed by atoms with Gasteiger partial charge in [0.05, 0.1) is 0 Å². The Bertz CT molecular complexity index is 665. The third-order valence-corrected chi connectivity index (χ3v) is 6.06. The minimum absolute atomic E-state index is 0.234. The van der Waals surface area contributed by atoms with E-state index in [2.05, 4.69) is 94.2 Å². The lowest BCUT2D eigenvalue weighted by atomic mass is 9.83. The largest absolute Gasteiger partial charge is 0.299 e. The summed E-state index contributed by atoms with van der Waals surface area (Å²) in [7, 11) is 2.29. The Kier molecular flexibility index (Phi) is 5.34. The first-order chi connectivity index (χ1) is 11.9. The molecule has 1 saturated carbocycles. The molecule has 1 nitrogen and oxygen atoms in total. The summed E-state index contributed by atoms with van der Waals surface area (Å²) in [5, 5.41) is 0. The molecule has 3 rings (SSSR count). The summed E-state index contributed by atoms with van der Waals surface area (Å²) in [6.45, 7) is 10.4. The normalized spacial score (nSPS) is 24.0. The van der Waals surface area contributed by atoms with Crippen LogP contribution in [0.15, 0.2) is 54.6 Å². The van der Waals surface area contributed by atoms with Gasteiger partial charge >= 0.3 is 0 Å². The van der Waals surface area contributed by atoms with Crippen molar-refractivity contribution in [2.45, 2.75) is 64.5 Å². The highest BCUT2D eigenvalue weighted by Gasteiger charge is 2.35. The van der Waals surface area contributed by atoms with Gasteiger partial charge in [-0.1, -0.05) is 82.3 Å². The molecule has 0 aromatic heterocycles. The van der Waals surface area contributed by atoms with E-state index in [1.54, 1.807) is 0 Å². The highest BCUT2D eigenvalue weighted by atomic mass is 15.1. The van der Waals surface area contributed by atoms with Crippen LogP contribution in [-0.4, -0.2) is 18.0 Å². The summed E-state index contributed by atoms with van der Waals surface area (Å²) in [5.74, 6) is 1.39. The maximum Gasteiger partial charge on any atom is 0.0233 e. The Hall–Kier alpha value is -1.60. The van der Waals surface area contributed by atoms with E-state index >= 15 is 0 Å². The predicted octanol–water partition coefficient (Wildman–Crippen LogP) is 6.00. The average molecular weight is 336 g/mol. The molecule has 0 aliphatic heterocycles. The van der Waals surface area contributed by atoms with Crippen molar-refractivity contribution in [3.63, 3.8) is 0 Å². The van der Waals surface area contributed by atoms with E-state index in [1.807, 2.05) is 0 Å². The van der Waals surface area contributed by atoms with Crippen LogP contribution >= 0.6 is 0 Å². The lowest BCUT2D eigenvalue weighted by molar-refractivity contribution is 0.193. The van der Waals surface area contributed by atoms with E-state index in [-0.39, 0.29) is 5.41 Å². The molecule has 0 saturated heterocycles. The molecule has 0 amide bonds. The zero-order valence-corrected chi connectivity index (χ0v) is 16.5. The summed E-state index contributed by atoms with van der Waals surface area (Å²) < 4.78 is 0. The van der Waals surface area contributed by atoms with Crippen LogP contribution in [0.4, 0.5) is 0 Å². The summed E-state index contributed by atoms with van der Waals surface area (Å²) in [6.07, 6.45) is 2.61. The molecule has 0 N–H and O–H groups in total. The molecule has 0 heterocycles. The fourth-order valence-corrected chi connectivity index (χ4v) is 4.46. The van der Waals surface area contributed by atoms with Crippen LogP contribution in [0.3, 0.4) is 0 Å². The topological polar surface area (TPSA) is 3.24 Å². The van der Waals surface area contributed by atoms with E-state index in [9.17, 15) is 0 Å². The molecule has 3 atom stereocenters. The summed E-state index contributed by atoms with van der Waals surface area (Å²) in [4.78, 5) is 2.56. The van der Waals surface area contributed by atoms with Crippen LogP contribution in [0.2, 0.25) is 0 Å². The Labute approximate surface area is 154 Å². The Morgan fingerprint density at radius 2 is 1.56 bits per heavy atom. The van der Waals surface area contributed by atoms with E-state index in [1.165, 1.54) is 29.5 Å². The number of hydrogen-bond acceptors (Lipinski definition) is 1. The summed E-state index contributed by atoms with van der Waals surface area (Å²) >= 11 is 0. The molecule has 25 heavy (non-hydrogen) atoms. The van der Waals surface area contributed by atoms with Gasteiger partial charge in [-0.25, -0.2) is 0 Å². The van der Waals surface area contributed by atoms with E-state index < -0.39 is 0 Å². The first-order valence-electron chi connectivity index (χ1n) is 9.71. The smallest absolute Gasteiger partial charge is 0.0233 e. The van der Waals surface area contributed by atoms with Crippen molar-refractivity contribution in [3.05, 3.63) is 71.3 Å². The van der Waals surface area contributed by atoms with Crippen molar-refractivity contribution >= 4 is 0 Å². The van der Waals surface area contributed by atoms with Gasteiger partial charge in [-0.05, 0) is 53.8 Å². The minimum Gasteiger partial charge on any atom is -0.299 e. The van der Waals surface area contributed by atoms with E-state index in [0.717, 1.165) is 6.54 Å². The van der Waals surface area contributed by atoms with Gasteiger partial charge in [0.1, 0.15) is 0 Å². The van der Waals surface area contributed by atoms with Gasteiger partial charge in [0.25, 0.3) is 0 Å². The lowest BCUT2D eigenvalue weighted by Crippen LogP contribution is -2.34. The first kappa shape index (κ1) is 18.2. The molecule has 2 aromatic rings. The zero-order chi connectivity index (χ0) is 18.0. The van der Waals surface area contributed by atoms with Crippen molar-refractivity contribution in [2.75, 3.05) is 7.05 Å². The Balaban J connectivity index is 1.68. The van der Waals surface area contributed by atoms with Gasteiger partial charge in [-0.3, -0.25) is 4.90 Å². The second kappa shape index (κ2) is 7.33. The van der Waals surface area contributed by atoms with Crippen molar-refractivity contribution in [2.24, 2.45) is 5.92 Å². The monoisotopic (exact) mass is 335 g/mol. The van der Waals surface area contributed by atoms with Gasteiger partial charge in [0.15, 0.2) is 0 Å². The first-order valence-corrected chi connectivity index (χ1v) is 9.71. The molecule has 1 fully saturated rings. The van der Waals surface area contributed by atoms with Gasteiger partial charge in [-0.2, -0.15) is 0 Å². The molecule has 1 aliphatic rings. The fraction of sp³-hybridized carbons (Fsp3) is 0.500. The van der Waals surface area contributed by atoms with Crippen molar-refractivity contribution in [3.8, 4) is 0 Å². The maximum absolute atomic E-state index is 2.56. The molecule has 1 aliphatic carbocycles. The number of rotatable bonds is 4. The zero-order valence-electron chi connectivity index (χ0n) is 16.5. The molecule has 3 unspecified atom stereocenters. The third kappa shape index (κ3) is 4.15. The van der Waals surface area contributed by atoms with Gasteiger partial charge < -0.3 is 0 Å². The quantitative estimate of drug-likeness (QED) is 0.662. The molecule has 2 aromatic carbocycles. The Morgan fingerprint density at radius 1 is 0.920 bits per heavy atom. The highest BCUT2D eigenvalue weighted by Crippen LogP contribution is 2.42. The van der Waals surface area contributed by atoms with E-state index in [4.69, 9.17) is 0 Å². The Morgan fingerprint density at radius 3 is 2.16 bits per heavy atom. The summed E-state index contributed by atoms with van der Waals surface area (Å²) in [5.41, 5.74) is 4.60. The summed E-state index contributed by atoms with van der Waals surface area (Å²) in [6, 6.07) is 20.9. The molecular formula is C24H33N. The van der Waals surface area contributed by atoms with Crippen LogP contribution in [0.25, 0.3) is 0 Å². The average Bonchev–Trinajstić information content (AvgIpc) is 2.97. The second-order valence-electron chi connectivity index (χ2n) is 8.88. The molecule has 0 bridgehead atoms. The number of nitrogens with zero attached hydrogens (tertiary/aromatic N) is 1. The maximum atomic E-state index is 2.56. The number of benzene rings is 2. The van der Waals surface area contributed by atoms with Crippen molar-refractivity contribution in [1.29, 1.82) is 0 Å². The lowest BCUT2D eigenvalue weighted by Gasteiger charge is -2.30. The molecule has 0 radical (unpaired) electrons. The van der Waals surface area contributed by atoms with Crippen LogP contribution < -0.4 is 0 Å². The van der Waals surface area contributed by atoms with Gasteiger partial charge in [0.2, 0.25) is 0 Å². The fourth-order valence-electron chi connectivity index (χ4n) is 4.46. The van der Waals surface area contributed by atoms with Crippen LogP contribution in [0.5, 0.6) is 0 Å². The molecule has 134 valence electrons.